The van der Waals surface area contributed by atoms with Crippen LogP contribution < -0.4 is 18.9 Å². The molecule has 0 atom stereocenters. The third-order valence-electron chi connectivity index (χ3n) is 5.98. The van der Waals surface area contributed by atoms with Crippen molar-refractivity contribution in [1.82, 2.24) is 4.90 Å². The first-order valence-corrected chi connectivity index (χ1v) is 11.1. The zero-order chi connectivity index (χ0) is 24.9. The van der Waals surface area contributed by atoms with Crippen LogP contribution in [0.1, 0.15) is 21.5 Å². The normalized spacial score (nSPS) is 14.4. The van der Waals surface area contributed by atoms with E-state index in [1.807, 2.05) is 0 Å². The number of morpholine rings is 1. The van der Waals surface area contributed by atoms with Crippen LogP contribution in [0.2, 0.25) is 0 Å². The van der Waals surface area contributed by atoms with Crippen molar-refractivity contribution in [3.05, 3.63) is 47.2 Å². The fourth-order valence-corrected chi connectivity index (χ4v) is 4.25. The molecule has 186 valence electrons. The molecule has 1 fully saturated rings. The van der Waals surface area contributed by atoms with Crippen molar-refractivity contribution in [2.45, 2.75) is 6.54 Å². The lowest BCUT2D eigenvalue weighted by Crippen LogP contribution is -2.35. The van der Waals surface area contributed by atoms with Gasteiger partial charge in [-0.1, -0.05) is 6.08 Å². The van der Waals surface area contributed by atoms with E-state index < -0.39 is 5.78 Å². The first-order valence-electron chi connectivity index (χ1n) is 11.1. The molecule has 3 aromatic rings. The number of allylic oxidation sites excluding steroid dienone is 1. The molecule has 0 radical (unpaired) electrons. The highest BCUT2D eigenvalue weighted by Gasteiger charge is 2.27. The van der Waals surface area contributed by atoms with Crippen molar-refractivity contribution >= 4 is 22.8 Å². The van der Waals surface area contributed by atoms with Gasteiger partial charge in [-0.3, -0.25) is 9.69 Å². The van der Waals surface area contributed by atoms with Gasteiger partial charge in [0, 0.05) is 19.6 Å². The van der Waals surface area contributed by atoms with Crippen LogP contribution in [0.5, 0.6) is 28.7 Å². The van der Waals surface area contributed by atoms with Crippen molar-refractivity contribution in [1.29, 1.82) is 0 Å². The Labute approximate surface area is 203 Å². The van der Waals surface area contributed by atoms with Gasteiger partial charge in [-0.05, 0) is 29.8 Å². The fourth-order valence-electron chi connectivity index (χ4n) is 4.25. The predicted octanol–water partition coefficient (Wildman–Crippen LogP) is 3.90. The number of ether oxygens (including phenoxy) is 5. The molecule has 0 spiro atoms. The smallest absolute Gasteiger partial charge is 0.203 e. The molecule has 2 heterocycles. The van der Waals surface area contributed by atoms with E-state index in [-0.39, 0.29) is 17.1 Å². The minimum absolute atomic E-state index is 0.0772. The first-order chi connectivity index (χ1) is 17.0. The maximum atomic E-state index is 13.4. The van der Waals surface area contributed by atoms with Crippen LogP contribution in [0.15, 0.2) is 35.0 Å². The second kappa shape index (κ2) is 10.7. The van der Waals surface area contributed by atoms with Gasteiger partial charge < -0.3 is 33.2 Å². The van der Waals surface area contributed by atoms with Gasteiger partial charge in [0.1, 0.15) is 22.6 Å². The number of phenols is 1. The molecule has 1 N–H and O–H groups in total. The summed E-state index contributed by atoms with van der Waals surface area (Å²) in [6.07, 6.45) is 4.52. The molecule has 1 aliphatic rings. The van der Waals surface area contributed by atoms with Crippen molar-refractivity contribution in [3.63, 3.8) is 0 Å². The molecule has 0 amide bonds. The van der Waals surface area contributed by atoms with E-state index in [0.29, 0.717) is 59.1 Å². The minimum atomic E-state index is -0.417. The topological polar surface area (TPSA) is 99.8 Å². The molecule has 9 heteroatoms. The molecule has 0 unspecified atom stereocenters. The number of hydrogen-bond donors (Lipinski definition) is 1. The lowest BCUT2D eigenvalue weighted by Gasteiger charge is -2.27. The molecule has 1 saturated heterocycles. The van der Waals surface area contributed by atoms with Gasteiger partial charge in [-0.25, -0.2) is 0 Å². The second-order valence-electron chi connectivity index (χ2n) is 7.94. The van der Waals surface area contributed by atoms with E-state index in [1.165, 1.54) is 40.8 Å². The van der Waals surface area contributed by atoms with E-state index in [2.05, 4.69) is 4.90 Å². The number of nitrogens with zero attached hydrogens (tertiary/aromatic N) is 1. The number of benzene rings is 2. The summed E-state index contributed by atoms with van der Waals surface area (Å²) in [4.78, 5) is 15.5. The molecule has 4 rings (SSSR count). The molecule has 0 aliphatic carbocycles. The zero-order valence-corrected chi connectivity index (χ0v) is 20.3. The maximum absolute atomic E-state index is 13.4. The Morgan fingerprint density at radius 3 is 2.29 bits per heavy atom. The quantitative estimate of drug-likeness (QED) is 0.359. The van der Waals surface area contributed by atoms with Crippen LogP contribution in [0.25, 0.3) is 17.0 Å². The highest BCUT2D eigenvalue weighted by molar-refractivity contribution is 6.14. The van der Waals surface area contributed by atoms with Crippen LogP contribution in [0.4, 0.5) is 0 Å². The number of aromatic hydroxyl groups is 1. The van der Waals surface area contributed by atoms with Crippen LogP contribution in [-0.2, 0) is 11.3 Å². The molecular formula is C26H29NO8. The standard InChI is InChI=1S/C26H29NO8/c1-30-20-13-16(14-21(31-2)26(20)33-4)5-6-19(28)22-23(29)18(15-27-8-11-34-12-9-27)24-17(7-10-35-24)25(22)32-3/h5-7,10,13-14,29H,8-9,11-12,15H2,1-4H3/b6-5+. The van der Waals surface area contributed by atoms with Crippen LogP contribution in [-0.4, -0.2) is 70.5 Å². The lowest BCUT2D eigenvalue weighted by molar-refractivity contribution is 0.0339. The van der Waals surface area contributed by atoms with Gasteiger partial charge in [-0.2, -0.15) is 0 Å². The number of phenolic OH excluding ortho intramolecular Hbond substituents is 1. The molecule has 2 aromatic carbocycles. The molecule has 0 saturated carbocycles. The SMILES string of the molecule is COc1cc(/C=C/C(=O)c2c(O)c(CN3CCOCC3)c3occc3c2OC)cc(OC)c1OC. The third kappa shape index (κ3) is 4.78. The highest BCUT2D eigenvalue weighted by atomic mass is 16.5. The van der Waals surface area contributed by atoms with Gasteiger partial charge in [0.15, 0.2) is 17.3 Å². The average molecular weight is 484 g/mol. The van der Waals surface area contributed by atoms with Crippen molar-refractivity contribution in [2.75, 3.05) is 54.7 Å². The molecular weight excluding hydrogens is 454 g/mol. The van der Waals surface area contributed by atoms with Crippen LogP contribution in [0.3, 0.4) is 0 Å². The van der Waals surface area contributed by atoms with Gasteiger partial charge >= 0.3 is 0 Å². The summed E-state index contributed by atoms with van der Waals surface area (Å²) in [5.41, 5.74) is 1.77. The van der Waals surface area contributed by atoms with Crippen molar-refractivity contribution < 1.29 is 38.0 Å². The van der Waals surface area contributed by atoms with E-state index in [0.717, 1.165) is 13.1 Å². The summed E-state index contributed by atoms with van der Waals surface area (Å²) in [6, 6.07) is 5.19. The van der Waals surface area contributed by atoms with Crippen molar-refractivity contribution in [3.8, 4) is 28.7 Å². The predicted molar refractivity (Wildman–Crippen MR) is 130 cm³/mol. The molecule has 9 nitrogen and oxygen atoms in total. The third-order valence-corrected chi connectivity index (χ3v) is 5.98. The van der Waals surface area contributed by atoms with Gasteiger partial charge in [0.2, 0.25) is 5.75 Å². The number of carbonyl (C=O) groups is 1. The molecule has 1 aliphatic heterocycles. The first kappa shape index (κ1) is 24.4. The lowest BCUT2D eigenvalue weighted by atomic mass is 9.99. The maximum Gasteiger partial charge on any atom is 0.203 e. The van der Waals surface area contributed by atoms with E-state index in [4.69, 9.17) is 28.1 Å². The number of carbonyl (C=O) groups excluding carboxylic acids is 1. The molecule has 0 bridgehead atoms. The Balaban J connectivity index is 1.74. The largest absolute Gasteiger partial charge is 0.507 e. The van der Waals surface area contributed by atoms with E-state index >= 15 is 0 Å². The number of ketones is 1. The fraction of sp³-hybridized carbons (Fsp3) is 0.346. The summed E-state index contributed by atoms with van der Waals surface area (Å²) in [6.45, 7) is 3.08. The second-order valence-corrected chi connectivity index (χ2v) is 7.94. The van der Waals surface area contributed by atoms with E-state index in [1.54, 1.807) is 24.3 Å². The van der Waals surface area contributed by atoms with Crippen LogP contribution in [0, 0.1) is 0 Å². The van der Waals surface area contributed by atoms with Crippen LogP contribution >= 0.6 is 0 Å². The number of furan rings is 1. The summed E-state index contributed by atoms with van der Waals surface area (Å²) in [5.74, 6) is 1.07. The Kier molecular flexibility index (Phi) is 7.48. The number of fused-ring (bicyclic) bond motifs is 1. The minimum Gasteiger partial charge on any atom is -0.507 e. The Morgan fingerprint density at radius 1 is 1.03 bits per heavy atom. The number of methoxy groups -OCH3 is 4. The summed E-state index contributed by atoms with van der Waals surface area (Å²) in [7, 11) is 6.03. The van der Waals surface area contributed by atoms with Gasteiger partial charge in [0.25, 0.3) is 0 Å². The highest BCUT2D eigenvalue weighted by Crippen LogP contribution is 2.42. The summed E-state index contributed by atoms with van der Waals surface area (Å²) < 4.78 is 32.8. The average Bonchev–Trinajstić information content (AvgIpc) is 3.38. The molecule has 35 heavy (non-hydrogen) atoms. The number of hydrogen-bond acceptors (Lipinski definition) is 9. The number of rotatable bonds is 9. The Bertz CT molecular complexity index is 1210. The Hall–Kier alpha value is -3.69. The Morgan fingerprint density at radius 2 is 1.69 bits per heavy atom. The van der Waals surface area contributed by atoms with Crippen molar-refractivity contribution in [2.24, 2.45) is 0 Å². The zero-order valence-electron chi connectivity index (χ0n) is 20.3. The van der Waals surface area contributed by atoms with E-state index in [9.17, 15) is 9.90 Å². The van der Waals surface area contributed by atoms with Gasteiger partial charge in [-0.15, -0.1) is 0 Å². The summed E-state index contributed by atoms with van der Waals surface area (Å²) in [5, 5.41) is 11.9. The monoisotopic (exact) mass is 483 g/mol. The van der Waals surface area contributed by atoms with Gasteiger partial charge in [0.05, 0.1) is 58.9 Å². The molecule has 1 aromatic heterocycles. The summed E-state index contributed by atoms with van der Waals surface area (Å²) >= 11 is 0.